The van der Waals surface area contributed by atoms with Crippen LogP contribution in [0.4, 0.5) is 0 Å². The van der Waals surface area contributed by atoms with Crippen molar-refractivity contribution in [2.75, 3.05) is 0 Å². The average Bonchev–Trinajstić information content (AvgIpc) is 3.19. The summed E-state index contributed by atoms with van der Waals surface area (Å²) >= 11 is 5.46. The fourth-order valence-corrected chi connectivity index (χ4v) is 9.25. The van der Waals surface area contributed by atoms with Crippen LogP contribution >= 0.6 is 11.6 Å². The first-order valence-electron chi connectivity index (χ1n) is 14.9. The van der Waals surface area contributed by atoms with E-state index in [1.165, 1.54) is 57.8 Å². The predicted molar refractivity (Wildman–Crippen MR) is 152 cm³/mol. The maximum Gasteiger partial charge on any atom is 0.134 e. The number of halogens is 1. The highest BCUT2D eigenvalue weighted by Gasteiger charge is 2.59. The Hall–Kier alpha value is -0.990. The largest absolute Gasteiger partial charge is 0.506 e. The van der Waals surface area contributed by atoms with Gasteiger partial charge in [-0.15, -0.1) is 0 Å². The number of para-hydroxylation sites is 1. The van der Waals surface area contributed by atoms with Crippen LogP contribution in [0.15, 0.2) is 35.9 Å². The fourth-order valence-electron chi connectivity index (χ4n) is 9.12. The summed E-state index contributed by atoms with van der Waals surface area (Å²) in [5, 5.41) is 19.4. The lowest BCUT2D eigenvalue weighted by Crippen LogP contribution is -2.50. The number of fused-ring (bicyclic) bond motifs is 5. The third kappa shape index (κ3) is 5.56. The van der Waals surface area contributed by atoms with Gasteiger partial charge in [-0.05, 0) is 110 Å². The van der Waals surface area contributed by atoms with Crippen LogP contribution in [-0.4, -0.2) is 16.3 Å². The summed E-state index contributed by atoms with van der Waals surface area (Å²) in [4.78, 5) is 0. The molecule has 0 heterocycles. The van der Waals surface area contributed by atoms with Crippen LogP contribution in [0.1, 0.15) is 105 Å². The van der Waals surface area contributed by atoms with Crippen LogP contribution < -0.4 is 0 Å². The summed E-state index contributed by atoms with van der Waals surface area (Å²) in [6.45, 7) is 12.6. The van der Waals surface area contributed by atoms with Crippen LogP contribution in [-0.2, 0) is 0 Å². The average molecular weight is 515 g/mol. The van der Waals surface area contributed by atoms with Crippen molar-refractivity contribution >= 4 is 11.6 Å². The summed E-state index contributed by atoms with van der Waals surface area (Å²) in [5.74, 6) is 5.59. The van der Waals surface area contributed by atoms with Crippen molar-refractivity contribution < 1.29 is 10.2 Å². The van der Waals surface area contributed by atoms with E-state index in [2.05, 4.69) is 40.7 Å². The number of benzene rings is 1. The number of hydrogen-bond acceptors (Lipinski definition) is 2. The van der Waals surface area contributed by atoms with Gasteiger partial charge < -0.3 is 10.2 Å². The lowest BCUT2D eigenvalue weighted by atomic mass is 9.47. The van der Waals surface area contributed by atoms with Gasteiger partial charge in [0, 0.05) is 0 Å². The quantitative estimate of drug-likeness (QED) is 0.384. The molecule has 0 amide bonds. The number of hydrogen-bond donors (Lipinski definition) is 2. The molecule has 0 spiro atoms. The van der Waals surface area contributed by atoms with Crippen LogP contribution in [0.5, 0.6) is 5.75 Å². The van der Waals surface area contributed by atoms with Gasteiger partial charge in [-0.2, -0.15) is 0 Å². The second kappa shape index (κ2) is 11.4. The van der Waals surface area contributed by atoms with Gasteiger partial charge in [0.25, 0.3) is 0 Å². The Labute approximate surface area is 225 Å². The monoisotopic (exact) mass is 514 g/mol. The molecular weight excluding hydrogens is 464 g/mol. The molecular formula is C33H51ClO2. The van der Waals surface area contributed by atoms with Crippen LogP contribution in [0.25, 0.3) is 0 Å². The third-order valence-corrected chi connectivity index (χ3v) is 11.5. The molecule has 0 aliphatic heterocycles. The van der Waals surface area contributed by atoms with E-state index in [-0.39, 0.29) is 11.9 Å². The lowest BCUT2D eigenvalue weighted by Gasteiger charge is -2.58. The maximum atomic E-state index is 10.2. The first-order chi connectivity index (χ1) is 17.1. The molecule has 1 aromatic carbocycles. The Kier molecular flexibility index (Phi) is 8.88. The van der Waals surface area contributed by atoms with E-state index in [9.17, 15) is 5.11 Å². The SMILES string of the molecule is CC(C)CCCC(C)[C@H]1CC[C@H]2[C@@H]3CC=C4C[C@@H](O)CC[C@]4(C)[C@H]3CC[C@]12C.Oc1ccccc1Cl. The molecule has 8 atom stereocenters. The molecule has 1 unspecified atom stereocenters. The predicted octanol–water partition coefficient (Wildman–Crippen LogP) is 9.43. The molecule has 0 bridgehead atoms. The number of aliphatic hydroxyl groups excluding tert-OH is 1. The first kappa shape index (κ1) is 28.0. The number of phenols is 1. The van der Waals surface area contributed by atoms with Gasteiger partial charge in [0.1, 0.15) is 5.75 Å². The zero-order chi connectivity index (χ0) is 26.1. The minimum absolute atomic E-state index is 0.0766. The smallest absolute Gasteiger partial charge is 0.134 e. The summed E-state index contributed by atoms with van der Waals surface area (Å²) in [6, 6.07) is 6.67. The van der Waals surface area contributed by atoms with Crippen molar-refractivity contribution in [3.63, 3.8) is 0 Å². The highest BCUT2D eigenvalue weighted by atomic mass is 35.5. The maximum absolute atomic E-state index is 10.2. The number of phenolic OH excluding ortho intramolecular Hbond substituents is 1. The summed E-state index contributed by atoms with van der Waals surface area (Å²) in [5.41, 5.74) is 2.60. The fraction of sp³-hybridized carbons (Fsp3) is 0.758. The Balaban J connectivity index is 0.000000325. The third-order valence-electron chi connectivity index (χ3n) is 11.1. The highest BCUT2D eigenvalue weighted by Crippen LogP contribution is 2.67. The van der Waals surface area contributed by atoms with Gasteiger partial charge in [-0.3, -0.25) is 0 Å². The van der Waals surface area contributed by atoms with Crippen molar-refractivity contribution in [2.24, 2.45) is 46.3 Å². The van der Waals surface area contributed by atoms with Crippen LogP contribution in [0.3, 0.4) is 0 Å². The Bertz CT molecular complexity index is 888. The highest BCUT2D eigenvalue weighted by molar-refractivity contribution is 6.31. The number of aromatic hydroxyl groups is 1. The minimum Gasteiger partial charge on any atom is -0.506 e. The Morgan fingerprint density at radius 2 is 1.72 bits per heavy atom. The Morgan fingerprint density at radius 1 is 0.972 bits per heavy atom. The molecule has 5 rings (SSSR count). The van der Waals surface area contributed by atoms with Crippen molar-refractivity contribution in [3.05, 3.63) is 40.9 Å². The Morgan fingerprint density at radius 3 is 2.39 bits per heavy atom. The normalized spacial score (nSPS) is 38.2. The van der Waals surface area contributed by atoms with E-state index in [4.69, 9.17) is 16.7 Å². The number of aliphatic hydroxyl groups is 1. The molecule has 4 aliphatic carbocycles. The molecule has 0 radical (unpaired) electrons. The molecule has 0 saturated heterocycles. The summed E-state index contributed by atoms with van der Waals surface area (Å²) < 4.78 is 0. The summed E-state index contributed by atoms with van der Waals surface area (Å²) in [7, 11) is 0. The van der Waals surface area contributed by atoms with Gasteiger partial charge in [-0.1, -0.05) is 89.3 Å². The van der Waals surface area contributed by atoms with Gasteiger partial charge in [-0.25, -0.2) is 0 Å². The molecule has 3 saturated carbocycles. The van der Waals surface area contributed by atoms with Crippen LogP contribution in [0, 0.1) is 46.3 Å². The van der Waals surface area contributed by atoms with Crippen molar-refractivity contribution in [2.45, 2.75) is 111 Å². The molecule has 36 heavy (non-hydrogen) atoms. The van der Waals surface area contributed by atoms with E-state index in [0.29, 0.717) is 15.9 Å². The molecule has 0 aromatic heterocycles. The zero-order valence-electron chi connectivity index (χ0n) is 23.5. The minimum atomic E-state index is -0.0766. The second-order valence-electron chi connectivity index (χ2n) is 13.6. The molecule has 4 aliphatic rings. The number of allylic oxidation sites excluding steroid dienone is 1. The van der Waals surface area contributed by atoms with E-state index in [1.54, 1.807) is 29.8 Å². The van der Waals surface area contributed by atoms with Gasteiger partial charge in [0.05, 0.1) is 11.1 Å². The van der Waals surface area contributed by atoms with Crippen molar-refractivity contribution in [1.29, 1.82) is 0 Å². The summed E-state index contributed by atoms with van der Waals surface area (Å²) in [6.07, 6.45) is 17.2. The standard InChI is InChI=1S/C27H46O.C6H5ClO/c1-18(2)7-6-8-19(3)23-11-12-24-22-10-9-20-17-21(28)13-15-26(20,4)25(22)14-16-27(23,24)5;7-5-3-1-2-4-6(5)8/h9,18-19,21-25,28H,6-8,10-17H2,1-5H3;1-4,8H/t19?,21-,22-,23+,24-,25-,26-,27+;/m0./s1. The van der Waals surface area contributed by atoms with Crippen LogP contribution in [0.2, 0.25) is 5.02 Å². The van der Waals surface area contributed by atoms with E-state index < -0.39 is 0 Å². The second-order valence-corrected chi connectivity index (χ2v) is 14.0. The van der Waals surface area contributed by atoms with Gasteiger partial charge in [0.2, 0.25) is 0 Å². The van der Waals surface area contributed by atoms with Gasteiger partial charge in [0.15, 0.2) is 0 Å². The van der Waals surface area contributed by atoms with Crippen molar-refractivity contribution in [3.8, 4) is 5.75 Å². The molecule has 3 fully saturated rings. The molecule has 2 nitrogen and oxygen atoms in total. The van der Waals surface area contributed by atoms with E-state index in [0.717, 1.165) is 48.3 Å². The molecule has 1 aromatic rings. The topological polar surface area (TPSA) is 40.5 Å². The van der Waals surface area contributed by atoms with E-state index in [1.807, 2.05) is 0 Å². The lowest BCUT2D eigenvalue weighted by molar-refractivity contribution is -0.0573. The zero-order valence-corrected chi connectivity index (χ0v) is 24.2. The molecule has 3 heteroatoms. The van der Waals surface area contributed by atoms with E-state index >= 15 is 0 Å². The van der Waals surface area contributed by atoms with Crippen molar-refractivity contribution in [1.82, 2.24) is 0 Å². The molecule has 202 valence electrons. The number of rotatable bonds is 5. The molecule has 2 N–H and O–H groups in total. The first-order valence-corrected chi connectivity index (χ1v) is 15.2. The van der Waals surface area contributed by atoms with Gasteiger partial charge >= 0.3 is 0 Å².